The van der Waals surface area contributed by atoms with E-state index in [4.69, 9.17) is 4.74 Å². The van der Waals surface area contributed by atoms with Crippen LogP contribution in [0.25, 0.3) is 0 Å². The molecule has 108 valence electrons. The molecule has 0 saturated heterocycles. The van der Waals surface area contributed by atoms with E-state index >= 15 is 0 Å². The van der Waals surface area contributed by atoms with Crippen LogP contribution in [0.4, 0.5) is 4.79 Å². The summed E-state index contributed by atoms with van der Waals surface area (Å²) >= 11 is 0. The molecule has 1 aromatic rings. The number of fused-ring (bicyclic) bond motifs is 1. The van der Waals surface area contributed by atoms with Gasteiger partial charge in [-0.2, -0.15) is 0 Å². The summed E-state index contributed by atoms with van der Waals surface area (Å²) in [6.45, 7) is 6.35. The fraction of sp³-hybridized carbons (Fsp3) is 0.467. The molecular weight excluding hydrogens is 258 g/mol. The lowest BCUT2D eigenvalue weighted by Gasteiger charge is -2.31. The van der Waals surface area contributed by atoms with E-state index in [1.165, 1.54) is 6.07 Å². The third kappa shape index (κ3) is 2.92. The van der Waals surface area contributed by atoms with Gasteiger partial charge in [-0.1, -0.05) is 6.07 Å². The quantitative estimate of drug-likeness (QED) is 0.801. The molecule has 1 aromatic carbocycles. The maximum Gasteiger partial charge on any atom is 0.410 e. The fourth-order valence-corrected chi connectivity index (χ4v) is 2.29. The van der Waals surface area contributed by atoms with Crippen LogP contribution in [0.1, 0.15) is 42.3 Å². The smallest absolute Gasteiger partial charge is 0.410 e. The SMILES string of the molecule is CC(C)(C)OC(=O)N1CCc2c(ccc(O)c2C=O)C1. The molecule has 0 saturated carbocycles. The molecular formula is C15H19NO4. The first-order valence-electron chi connectivity index (χ1n) is 6.58. The molecule has 0 bridgehead atoms. The highest BCUT2D eigenvalue weighted by molar-refractivity contribution is 5.82. The Morgan fingerprint density at radius 2 is 2.10 bits per heavy atom. The largest absolute Gasteiger partial charge is 0.507 e. The zero-order chi connectivity index (χ0) is 14.9. The van der Waals surface area contributed by atoms with E-state index in [2.05, 4.69) is 0 Å². The van der Waals surface area contributed by atoms with Crippen molar-refractivity contribution in [1.29, 1.82) is 0 Å². The van der Waals surface area contributed by atoms with Crippen molar-refractivity contribution in [3.63, 3.8) is 0 Å². The van der Waals surface area contributed by atoms with Gasteiger partial charge in [0.05, 0.1) is 5.56 Å². The maximum absolute atomic E-state index is 12.0. The average Bonchev–Trinajstić information content (AvgIpc) is 2.36. The Bertz CT molecular complexity index is 546. The predicted octanol–water partition coefficient (Wildman–Crippen LogP) is 2.50. The van der Waals surface area contributed by atoms with Gasteiger partial charge < -0.3 is 14.7 Å². The lowest BCUT2D eigenvalue weighted by atomic mass is 9.94. The van der Waals surface area contributed by atoms with E-state index in [1.807, 2.05) is 20.8 Å². The van der Waals surface area contributed by atoms with Crippen LogP contribution in [0.5, 0.6) is 5.75 Å². The molecule has 0 radical (unpaired) electrons. The van der Waals surface area contributed by atoms with Crippen molar-refractivity contribution in [3.8, 4) is 5.75 Å². The number of rotatable bonds is 1. The molecule has 1 heterocycles. The molecule has 5 heteroatoms. The van der Waals surface area contributed by atoms with E-state index in [-0.39, 0.29) is 11.8 Å². The Labute approximate surface area is 118 Å². The van der Waals surface area contributed by atoms with Gasteiger partial charge in [-0.05, 0) is 44.4 Å². The molecule has 0 unspecified atom stereocenters. The Balaban J connectivity index is 2.20. The predicted molar refractivity (Wildman–Crippen MR) is 73.8 cm³/mol. The summed E-state index contributed by atoms with van der Waals surface area (Å²) in [5.74, 6) is -0.00975. The van der Waals surface area contributed by atoms with Gasteiger partial charge in [0, 0.05) is 13.1 Å². The Kier molecular flexibility index (Phi) is 3.70. The van der Waals surface area contributed by atoms with Crippen LogP contribution in [0.15, 0.2) is 12.1 Å². The molecule has 2 rings (SSSR count). The summed E-state index contributed by atoms with van der Waals surface area (Å²) in [6.07, 6.45) is 0.845. The highest BCUT2D eigenvalue weighted by Crippen LogP contribution is 2.28. The van der Waals surface area contributed by atoms with Crippen molar-refractivity contribution in [2.24, 2.45) is 0 Å². The molecule has 0 spiro atoms. The minimum absolute atomic E-state index is 0.00975. The highest BCUT2D eigenvalue weighted by Gasteiger charge is 2.27. The maximum atomic E-state index is 12.0. The number of hydrogen-bond donors (Lipinski definition) is 1. The molecule has 1 aliphatic rings. The molecule has 1 amide bonds. The van der Waals surface area contributed by atoms with E-state index < -0.39 is 5.60 Å². The number of hydrogen-bond acceptors (Lipinski definition) is 4. The van der Waals surface area contributed by atoms with Crippen LogP contribution >= 0.6 is 0 Å². The van der Waals surface area contributed by atoms with E-state index in [0.29, 0.717) is 31.4 Å². The topological polar surface area (TPSA) is 66.8 Å². The number of phenols is 1. The van der Waals surface area contributed by atoms with E-state index in [1.54, 1.807) is 11.0 Å². The minimum Gasteiger partial charge on any atom is -0.507 e. The van der Waals surface area contributed by atoms with Crippen LogP contribution in [0.2, 0.25) is 0 Å². The normalized spacial score (nSPS) is 14.7. The zero-order valence-corrected chi connectivity index (χ0v) is 12.0. The summed E-state index contributed by atoms with van der Waals surface area (Å²) < 4.78 is 5.34. The van der Waals surface area contributed by atoms with Gasteiger partial charge in [0.25, 0.3) is 0 Å². The first kappa shape index (κ1) is 14.4. The second kappa shape index (κ2) is 5.15. The number of aldehydes is 1. The van der Waals surface area contributed by atoms with Crippen molar-refractivity contribution in [2.45, 2.75) is 39.3 Å². The van der Waals surface area contributed by atoms with Crippen LogP contribution < -0.4 is 0 Å². The van der Waals surface area contributed by atoms with Gasteiger partial charge in [0.1, 0.15) is 11.4 Å². The van der Waals surface area contributed by atoms with Gasteiger partial charge in [0.2, 0.25) is 0 Å². The van der Waals surface area contributed by atoms with Crippen LogP contribution in [-0.4, -0.2) is 34.5 Å². The van der Waals surface area contributed by atoms with Gasteiger partial charge in [-0.15, -0.1) is 0 Å². The van der Waals surface area contributed by atoms with Crippen LogP contribution in [-0.2, 0) is 17.7 Å². The summed E-state index contributed by atoms with van der Waals surface area (Å²) in [5.41, 5.74) is 1.49. The Morgan fingerprint density at radius 3 is 2.70 bits per heavy atom. The lowest BCUT2D eigenvalue weighted by molar-refractivity contribution is 0.0224. The second-order valence-corrected chi connectivity index (χ2v) is 5.91. The summed E-state index contributed by atoms with van der Waals surface area (Å²) in [5, 5.41) is 9.66. The van der Waals surface area contributed by atoms with Gasteiger partial charge in [-0.3, -0.25) is 4.79 Å². The van der Waals surface area contributed by atoms with Crippen molar-refractivity contribution in [1.82, 2.24) is 4.90 Å². The molecule has 0 atom stereocenters. The van der Waals surface area contributed by atoms with Crippen LogP contribution in [0, 0.1) is 0 Å². The number of ether oxygens (including phenoxy) is 1. The fourth-order valence-electron chi connectivity index (χ4n) is 2.29. The van der Waals surface area contributed by atoms with Crippen molar-refractivity contribution < 1.29 is 19.4 Å². The number of phenolic OH excluding ortho intramolecular Hbond substituents is 1. The zero-order valence-electron chi connectivity index (χ0n) is 12.0. The lowest BCUT2D eigenvalue weighted by Crippen LogP contribution is -2.40. The standard InChI is InChI=1S/C15H19NO4/c1-15(2,3)20-14(19)16-7-6-11-10(8-16)4-5-13(18)12(11)9-17/h4-5,9,18H,6-8H2,1-3H3. The monoisotopic (exact) mass is 277 g/mol. The van der Waals surface area contributed by atoms with Crippen molar-refractivity contribution >= 4 is 12.4 Å². The molecule has 20 heavy (non-hydrogen) atoms. The third-order valence-electron chi connectivity index (χ3n) is 3.19. The molecule has 1 N–H and O–H groups in total. The van der Waals surface area contributed by atoms with Gasteiger partial charge in [-0.25, -0.2) is 4.79 Å². The molecule has 0 fully saturated rings. The van der Waals surface area contributed by atoms with Gasteiger partial charge in [0.15, 0.2) is 6.29 Å². The molecule has 0 aromatic heterocycles. The van der Waals surface area contributed by atoms with E-state index in [9.17, 15) is 14.7 Å². The van der Waals surface area contributed by atoms with Crippen molar-refractivity contribution in [3.05, 3.63) is 28.8 Å². The molecule has 0 aliphatic carbocycles. The number of carbonyl (C=O) groups excluding carboxylic acids is 2. The highest BCUT2D eigenvalue weighted by atomic mass is 16.6. The molecule has 5 nitrogen and oxygen atoms in total. The number of amides is 1. The first-order chi connectivity index (χ1) is 9.31. The number of nitrogens with zero attached hydrogens (tertiary/aromatic N) is 1. The molecule has 1 aliphatic heterocycles. The minimum atomic E-state index is -0.528. The Morgan fingerprint density at radius 1 is 1.40 bits per heavy atom. The second-order valence-electron chi connectivity index (χ2n) is 5.91. The number of carbonyl (C=O) groups is 2. The van der Waals surface area contributed by atoms with Gasteiger partial charge >= 0.3 is 6.09 Å². The summed E-state index contributed by atoms with van der Waals surface area (Å²) in [7, 11) is 0. The summed E-state index contributed by atoms with van der Waals surface area (Å²) in [4.78, 5) is 24.7. The van der Waals surface area contributed by atoms with E-state index in [0.717, 1.165) is 11.1 Å². The first-order valence-corrected chi connectivity index (χ1v) is 6.58. The van der Waals surface area contributed by atoms with Crippen molar-refractivity contribution in [2.75, 3.05) is 6.54 Å². The summed E-state index contributed by atoms with van der Waals surface area (Å²) in [6, 6.07) is 3.23. The Hall–Kier alpha value is -2.04. The number of aromatic hydroxyl groups is 1. The number of benzene rings is 1. The van der Waals surface area contributed by atoms with Crippen LogP contribution in [0.3, 0.4) is 0 Å². The third-order valence-corrected chi connectivity index (χ3v) is 3.19. The average molecular weight is 277 g/mol.